The fourth-order valence-corrected chi connectivity index (χ4v) is 3.86. The Kier molecular flexibility index (Phi) is 9.83. The Labute approximate surface area is 240 Å². The van der Waals surface area contributed by atoms with Gasteiger partial charge in [-0.2, -0.15) is 0 Å². The number of ketones is 2. The van der Waals surface area contributed by atoms with Crippen LogP contribution in [0.3, 0.4) is 0 Å². The first kappa shape index (κ1) is 28.3. The first-order valence-corrected chi connectivity index (χ1v) is 11.5. The summed E-state index contributed by atoms with van der Waals surface area (Å²) >= 11 is 0. The fourth-order valence-electron chi connectivity index (χ4n) is 3.86. The maximum absolute atomic E-state index is 13.2. The Morgan fingerprint density at radius 3 is 2.62 bits per heavy atom. The molecule has 4 aromatic rings. The molecule has 0 fully saturated rings. The number of benzene rings is 2. The number of aromatic amines is 1. The van der Waals surface area contributed by atoms with E-state index in [1.54, 1.807) is 24.3 Å². The zero-order chi connectivity index (χ0) is 25.7. The van der Waals surface area contributed by atoms with E-state index in [4.69, 9.17) is 4.74 Å². The van der Waals surface area contributed by atoms with Crippen LogP contribution in [-0.2, 0) is 32.7 Å². The van der Waals surface area contributed by atoms with Crippen molar-refractivity contribution in [1.82, 2.24) is 19.9 Å². The van der Waals surface area contributed by atoms with Crippen molar-refractivity contribution in [2.45, 2.75) is 32.5 Å². The smallest absolute Gasteiger partial charge is 0.185 e. The predicted molar refractivity (Wildman–Crippen MR) is 134 cm³/mol. The molecule has 0 saturated carbocycles. The van der Waals surface area contributed by atoms with Crippen molar-refractivity contribution >= 4 is 30.3 Å². The Morgan fingerprint density at radius 1 is 1.08 bits per heavy atom. The third kappa shape index (κ3) is 6.02. The van der Waals surface area contributed by atoms with Crippen LogP contribution < -0.4 is 10.4 Å². The minimum atomic E-state index is -1.21. The quantitative estimate of drug-likeness (QED) is 0.157. The summed E-state index contributed by atoms with van der Waals surface area (Å²) in [6, 6.07) is 13.4. The van der Waals surface area contributed by atoms with Crippen molar-refractivity contribution < 1.29 is 52.1 Å². The van der Waals surface area contributed by atoms with Gasteiger partial charge in [-0.15, -0.1) is 0 Å². The number of rotatable bonds is 6. The van der Waals surface area contributed by atoms with Crippen LogP contribution in [-0.4, -0.2) is 51.0 Å². The molecule has 5 rings (SSSR count). The SMILES string of the molecule is CCCCN=c1n[c-]nc(Oc2ccc3c(c2)C(=O)C(c2nc4ccccc4cc2O)C3=O)[nH]1.[B]C.[Y]. The Bertz CT molecular complexity index is 1510. The van der Waals surface area contributed by atoms with Crippen LogP contribution in [0, 0.1) is 6.33 Å². The minimum Gasteiger partial charge on any atom is -0.506 e. The number of para-hydroxylation sites is 1. The van der Waals surface area contributed by atoms with Crippen LogP contribution in [0.5, 0.6) is 17.5 Å². The minimum absolute atomic E-state index is 0. The third-order valence-corrected chi connectivity index (χ3v) is 5.57. The van der Waals surface area contributed by atoms with Gasteiger partial charge in [0, 0.05) is 62.1 Å². The van der Waals surface area contributed by atoms with Crippen molar-refractivity contribution in [2.75, 3.05) is 6.54 Å². The van der Waals surface area contributed by atoms with Crippen LogP contribution in [0.4, 0.5) is 0 Å². The van der Waals surface area contributed by atoms with Gasteiger partial charge in [0.2, 0.25) is 0 Å². The van der Waals surface area contributed by atoms with E-state index in [0.717, 1.165) is 12.8 Å². The number of ether oxygens (including phenoxy) is 1. The first-order chi connectivity index (χ1) is 17.5. The van der Waals surface area contributed by atoms with Gasteiger partial charge in [-0.25, -0.2) is 4.98 Å². The molecule has 1 aliphatic rings. The molecule has 0 aliphatic heterocycles. The molecule has 37 heavy (non-hydrogen) atoms. The summed E-state index contributed by atoms with van der Waals surface area (Å²) < 4.78 is 5.73. The molecule has 183 valence electrons. The molecule has 2 heterocycles. The van der Waals surface area contributed by atoms with Crippen LogP contribution in [0.25, 0.3) is 10.9 Å². The first-order valence-electron chi connectivity index (χ1n) is 11.5. The number of carbonyl (C=O) groups is 2. The van der Waals surface area contributed by atoms with Crippen LogP contribution >= 0.6 is 0 Å². The van der Waals surface area contributed by atoms with E-state index in [-0.39, 0.29) is 61.3 Å². The summed E-state index contributed by atoms with van der Waals surface area (Å²) in [6.07, 6.45) is 4.43. The topological polar surface area (TPSA) is 130 Å². The molecule has 9 nitrogen and oxygen atoms in total. The predicted octanol–water partition coefficient (Wildman–Crippen LogP) is 3.72. The average Bonchev–Trinajstić information content (AvgIpc) is 3.14. The maximum Gasteiger partial charge on any atom is 0.185 e. The number of hydrogen-bond acceptors (Lipinski definition) is 8. The number of fused-ring (bicyclic) bond motifs is 2. The molecular formula is C26H23BN5O4Y-. The number of carbonyl (C=O) groups excluding carboxylic acids is 2. The molecule has 0 saturated heterocycles. The summed E-state index contributed by atoms with van der Waals surface area (Å²) in [4.78, 5) is 45.7. The van der Waals surface area contributed by atoms with Gasteiger partial charge in [0.1, 0.15) is 28.7 Å². The molecule has 3 radical (unpaired) electrons. The number of hydrogen-bond donors (Lipinski definition) is 2. The maximum atomic E-state index is 13.2. The van der Waals surface area contributed by atoms with Gasteiger partial charge >= 0.3 is 0 Å². The summed E-state index contributed by atoms with van der Waals surface area (Å²) in [7, 11) is 4.50. The largest absolute Gasteiger partial charge is 0.506 e. The normalized spacial score (nSPS) is 14.5. The molecule has 0 spiro atoms. The number of nitrogens with zero attached hydrogens (tertiary/aromatic N) is 4. The van der Waals surface area contributed by atoms with E-state index in [0.29, 0.717) is 28.8 Å². The molecule has 1 atom stereocenters. The second kappa shape index (κ2) is 12.8. The van der Waals surface area contributed by atoms with Crippen molar-refractivity contribution in [3.05, 3.63) is 77.3 Å². The van der Waals surface area contributed by atoms with Gasteiger partial charge in [0.05, 0.1) is 13.4 Å². The van der Waals surface area contributed by atoms with Crippen molar-refractivity contribution in [3.8, 4) is 17.5 Å². The molecule has 2 aromatic carbocycles. The number of aromatic nitrogens is 4. The Morgan fingerprint density at radius 2 is 1.84 bits per heavy atom. The standard InChI is InChI=1S/C25H20N5O4.CH3B.Y/c1-2-3-10-26-24-27-13-28-25(30-24)34-15-8-9-16-17(12-15)23(33)20(22(16)32)21-19(31)11-14-6-4-5-7-18(14)29-21;1-2;/h4-9,11-12,20,31H,2-3,10H2,1H3,(H,26,27,28,30);1H3;/q-1;;. The van der Waals surface area contributed by atoms with E-state index in [1.165, 1.54) is 25.0 Å². The van der Waals surface area contributed by atoms with Crippen molar-refractivity contribution in [2.24, 2.45) is 4.99 Å². The van der Waals surface area contributed by atoms with Gasteiger partial charge in [0.25, 0.3) is 0 Å². The second-order valence-corrected chi connectivity index (χ2v) is 7.87. The molecular weight excluding hydrogens is 546 g/mol. The summed E-state index contributed by atoms with van der Waals surface area (Å²) in [5.41, 5.74) is 1.43. The molecule has 11 heteroatoms. The molecule has 0 amide bonds. The average molecular weight is 569 g/mol. The zero-order valence-electron chi connectivity index (χ0n) is 20.4. The van der Waals surface area contributed by atoms with E-state index in [1.807, 2.05) is 6.07 Å². The molecule has 0 bridgehead atoms. The van der Waals surface area contributed by atoms with Crippen LogP contribution in [0.15, 0.2) is 53.5 Å². The molecule has 2 N–H and O–H groups in total. The molecule has 1 unspecified atom stereocenters. The van der Waals surface area contributed by atoms with Gasteiger partial charge in [-0.05, 0) is 36.8 Å². The van der Waals surface area contributed by atoms with Gasteiger partial charge in [-0.1, -0.05) is 38.4 Å². The van der Waals surface area contributed by atoms with Gasteiger partial charge in [-0.3, -0.25) is 9.59 Å². The van der Waals surface area contributed by atoms with E-state index in [9.17, 15) is 14.7 Å². The van der Waals surface area contributed by atoms with E-state index in [2.05, 4.69) is 46.0 Å². The second-order valence-electron chi connectivity index (χ2n) is 7.87. The molecule has 1 aliphatic carbocycles. The number of H-pyrrole nitrogens is 1. The third-order valence-electron chi connectivity index (χ3n) is 5.57. The number of Topliss-reactive ketones (excluding diaryl/α,β-unsaturated/α-hetero) is 2. The number of unbranched alkanes of at least 4 members (excludes halogenated alkanes) is 1. The Hall–Kier alpha value is -3.23. The van der Waals surface area contributed by atoms with Crippen LogP contribution in [0.1, 0.15) is 52.1 Å². The Balaban J connectivity index is 0.00000124. The number of pyridine rings is 1. The van der Waals surface area contributed by atoms with Crippen molar-refractivity contribution in [1.29, 1.82) is 0 Å². The van der Waals surface area contributed by atoms with Crippen LogP contribution in [0.2, 0.25) is 6.82 Å². The summed E-state index contributed by atoms with van der Waals surface area (Å²) in [5, 5.41) is 11.2. The summed E-state index contributed by atoms with van der Waals surface area (Å²) in [5.74, 6) is -1.96. The summed E-state index contributed by atoms with van der Waals surface area (Å²) in [6.45, 7) is 4.19. The van der Waals surface area contributed by atoms with Crippen molar-refractivity contribution in [3.63, 3.8) is 0 Å². The van der Waals surface area contributed by atoms with E-state index < -0.39 is 17.5 Å². The monoisotopic (exact) mass is 569 g/mol. The van der Waals surface area contributed by atoms with Gasteiger partial charge < -0.3 is 29.8 Å². The molecule has 2 aromatic heterocycles. The van der Waals surface area contributed by atoms with E-state index >= 15 is 0 Å². The zero-order valence-corrected chi connectivity index (χ0v) is 23.3. The number of aromatic hydroxyl groups is 1. The van der Waals surface area contributed by atoms with Gasteiger partial charge in [0.15, 0.2) is 17.6 Å². The number of nitrogens with one attached hydrogen (secondary N) is 1. The fraction of sp³-hybridized carbons (Fsp3) is 0.231.